The zero-order chi connectivity index (χ0) is 19.8. The SMILES string of the molecule is COc1ccc(N2C(=O)c3ccccc3C2=O)c(C(=O)c2ccc(Cl)cc2)c1. The molecule has 6 heteroatoms. The average Bonchev–Trinajstić information content (AvgIpc) is 2.98. The van der Waals surface area contributed by atoms with Crippen LogP contribution in [-0.2, 0) is 0 Å². The number of hydrogen-bond acceptors (Lipinski definition) is 4. The van der Waals surface area contributed by atoms with Gasteiger partial charge in [-0.05, 0) is 54.6 Å². The number of anilines is 1. The van der Waals surface area contributed by atoms with Crippen LogP contribution >= 0.6 is 11.6 Å². The summed E-state index contributed by atoms with van der Waals surface area (Å²) >= 11 is 5.91. The van der Waals surface area contributed by atoms with Gasteiger partial charge in [0.05, 0.1) is 29.5 Å². The number of ether oxygens (including phenoxy) is 1. The summed E-state index contributed by atoms with van der Waals surface area (Å²) < 4.78 is 5.23. The Balaban J connectivity index is 1.85. The van der Waals surface area contributed by atoms with Gasteiger partial charge in [-0.25, -0.2) is 4.90 Å². The molecule has 0 radical (unpaired) electrons. The van der Waals surface area contributed by atoms with E-state index in [-0.39, 0.29) is 17.0 Å². The second kappa shape index (κ2) is 6.94. The third-order valence-electron chi connectivity index (χ3n) is 4.59. The number of hydrogen-bond donors (Lipinski definition) is 0. The van der Waals surface area contributed by atoms with E-state index in [9.17, 15) is 14.4 Å². The fourth-order valence-electron chi connectivity index (χ4n) is 3.18. The molecule has 0 saturated carbocycles. The molecule has 2 amide bonds. The molecule has 4 rings (SSSR count). The van der Waals surface area contributed by atoms with Crippen LogP contribution in [0.4, 0.5) is 5.69 Å². The lowest BCUT2D eigenvalue weighted by Gasteiger charge is -2.18. The van der Waals surface area contributed by atoms with E-state index < -0.39 is 11.8 Å². The van der Waals surface area contributed by atoms with E-state index in [1.807, 2.05) is 0 Å². The molecule has 1 aliphatic heterocycles. The highest BCUT2D eigenvalue weighted by molar-refractivity contribution is 6.36. The predicted molar refractivity (Wildman–Crippen MR) is 105 cm³/mol. The normalized spacial score (nSPS) is 12.9. The van der Waals surface area contributed by atoms with Crippen molar-refractivity contribution >= 4 is 34.9 Å². The van der Waals surface area contributed by atoms with Crippen molar-refractivity contribution in [1.29, 1.82) is 0 Å². The number of fused-ring (bicyclic) bond motifs is 1. The summed E-state index contributed by atoms with van der Waals surface area (Å²) in [6.45, 7) is 0. The zero-order valence-electron chi connectivity index (χ0n) is 14.8. The highest BCUT2D eigenvalue weighted by atomic mass is 35.5. The van der Waals surface area contributed by atoms with E-state index in [4.69, 9.17) is 16.3 Å². The van der Waals surface area contributed by atoms with Crippen molar-refractivity contribution in [3.8, 4) is 5.75 Å². The third kappa shape index (κ3) is 2.86. The van der Waals surface area contributed by atoms with Crippen molar-refractivity contribution in [2.75, 3.05) is 12.0 Å². The first kappa shape index (κ1) is 17.9. The molecule has 0 saturated heterocycles. The Morgan fingerprint density at radius 3 is 2.07 bits per heavy atom. The molecule has 3 aromatic carbocycles. The van der Waals surface area contributed by atoms with Crippen LogP contribution in [0.15, 0.2) is 66.7 Å². The molecule has 0 fully saturated rings. The van der Waals surface area contributed by atoms with Gasteiger partial charge in [-0.2, -0.15) is 0 Å². The second-order valence-electron chi connectivity index (χ2n) is 6.21. The number of nitrogens with zero attached hydrogens (tertiary/aromatic N) is 1. The van der Waals surface area contributed by atoms with Crippen molar-refractivity contribution in [2.24, 2.45) is 0 Å². The van der Waals surface area contributed by atoms with E-state index in [0.29, 0.717) is 27.5 Å². The molecule has 0 unspecified atom stereocenters. The highest BCUT2D eigenvalue weighted by Gasteiger charge is 2.38. The van der Waals surface area contributed by atoms with Crippen molar-refractivity contribution < 1.29 is 19.1 Å². The summed E-state index contributed by atoms with van der Waals surface area (Å²) in [5.74, 6) is -0.827. The van der Waals surface area contributed by atoms with Crippen LogP contribution in [0.5, 0.6) is 5.75 Å². The molecule has 0 aliphatic carbocycles. The Morgan fingerprint density at radius 1 is 0.893 bits per heavy atom. The second-order valence-corrected chi connectivity index (χ2v) is 6.65. The lowest BCUT2D eigenvalue weighted by Crippen LogP contribution is -2.31. The van der Waals surface area contributed by atoms with Crippen LogP contribution in [-0.4, -0.2) is 24.7 Å². The van der Waals surface area contributed by atoms with Gasteiger partial charge in [-0.15, -0.1) is 0 Å². The summed E-state index contributed by atoms with van der Waals surface area (Å²) in [5, 5.41) is 0.503. The van der Waals surface area contributed by atoms with Crippen molar-refractivity contribution in [2.45, 2.75) is 0 Å². The number of carbonyl (C=O) groups excluding carboxylic acids is 3. The zero-order valence-corrected chi connectivity index (χ0v) is 15.6. The molecule has 1 aliphatic rings. The van der Waals surface area contributed by atoms with Gasteiger partial charge in [0.1, 0.15) is 5.75 Å². The molecule has 28 heavy (non-hydrogen) atoms. The molecule has 138 valence electrons. The molecule has 3 aromatic rings. The van der Waals surface area contributed by atoms with E-state index in [1.54, 1.807) is 60.7 Å². The Morgan fingerprint density at radius 2 is 1.50 bits per heavy atom. The molecule has 0 atom stereocenters. The molecule has 0 spiro atoms. The minimum Gasteiger partial charge on any atom is -0.497 e. The molecule has 0 bridgehead atoms. The largest absolute Gasteiger partial charge is 0.497 e. The van der Waals surface area contributed by atoms with Crippen LogP contribution in [0, 0.1) is 0 Å². The van der Waals surface area contributed by atoms with Crippen LogP contribution in [0.3, 0.4) is 0 Å². The molecule has 5 nitrogen and oxygen atoms in total. The Labute approximate surface area is 166 Å². The van der Waals surface area contributed by atoms with Gasteiger partial charge in [0, 0.05) is 10.6 Å². The Kier molecular flexibility index (Phi) is 4.45. The fourth-order valence-corrected chi connectivity index (χ4v) is 3.31. The number of ketones is 1. The number of amides is 2. The first-order chi connectivity index (χ1) is 13.5. The first-order valence-corrected chi connectivity index (χ1v) is 8.85. The number of halogens is 1. The monoisotopic (exact) mass is 391 g/mol. The minimum absolute atomic E-state index is 0.191. The number of imide groups is 1. The minimum atomic E-state index is -0.462. The highest BCUT2D eigenvalue weighted by Crippen LogP contribution is 2.34. The maximum atomic E-state index is 13.1. The van der Waals surface area contributed by atoms with Gasteiger partial charge in [-0.1, -0.05) is 23.7 Å². The summed E-state index contributed by atoms with van der Waals surface area (Å²) in [7, 11) is 1.48. The van der Waals surface area contributed by atoms with Gasteiger partial charge in [0.2, 0.25) is 0 Å². The number of carbonyl (C=O) groups is 3. The topological polar surface area (TPSA) is 63.7 Å². The van der Waals surface area contributed by atoms with Crippen LogP contribution in [0.2, 0.25) is 5.02 Å². The molecule has 0 N–H and O–H groups in total. The van der Waals surface area contributed by atoms with Crippen molar-refractivity contribution in [1.82, 2.24) is 0 Å². The lowest BCUT2D eigenvalue weighted by molar-refractivity contribution is 0.0926. The van der Waals surface area contributed by atoms with E-state index in [2.05, 4.69) is 0 Å². The average molecular weight is 392 g/mol. The summed E-state index contributed by atoms with van der Waals surface area (Å²) in [5.41, 5.74) is 1.42. The molecule has 1 heterocycles. The Bertz CT molecular complexity index is 1090. The first-order valence-electron chi connectivity index (χ1n) is 8.47. The molecule has 0 aromatic heterocycles. The molecular weight excluding hydrogens is 378 g/mol. The Hall–Kier alpha value is -3.44. The third-order valence-corrected chi connectivity index (χ3v) is 4.84. The van der Waals surface area contributed by atoms with Gasteiger partial charge in [-0.3, -0.25) is 14.4 Å². The smallest absolute Gasteiger partial charge is 0.266 e. The van der Waals surface area contributed by atoms with Gasteiger partial charge in [0.15, 0.2) is 5.78 Å². The van der Waals surface area contributed by atoms with Crippen LogP contribution in [0.25, 0.3) is 0 Å². The van der Waals surface area contributed by atoms with Gasteiger partial charge in [0.25, 0.3) is 11.8 Å². The van der Waals surface area contributed by atoms with Crippen molar-refractivity contribution in [3.05, 3.63) is 94.0 Å². The molecular formula is C22H14ClNO4. The van der Waals surface area contributed by atoms with E-state index >= 15 is 0 Å². The standard InChI is InChI=1S/C22H14ClNO4/c1-28-15-10-11-19(18(12-15)20(25)13-6-8-14(23)9-7-13)24-21(26)16-4-2-3-5-17(16)22(24)27/h2-12H,1H3. The van der Waals surface area contributed by atoms with Gasteiger partial charge < -0.3 is 4.74 Å². The quantitative estimate of drug-likeness (QED) is 0.489. The maximum Gasteiger partial charge on any atom is 0.266 e. The number of rotatable bonds is 4. The summed E-state index contributed by atoms with van der Waals surface area (Å²) in [6, 6.07) is 17.7. The predicted octanol–water partition coefficient (Wildman–Crippen LogP) is 4.38. The maximum absolute atomic E-state index is 13.1. The fraction of sp³-hybridized carbons (Fsp3) is 0.0455. The summed E-state index contributed by atoms with van der Waals surface area (Å²) in [4.78, 5) is 39.9. The van der Waals surface area contributed by atoms with Crippen LogP contribution in [0.1, 0.15) is 36.6 Å². The summed E-state index contributed by atoms with van der Waals surface area (Å²) in [6.07, 6.45) is 0. The van der Waals surface area contributed by atoms with Gasteiger partial charge >= 0.3 is 0 Å². The number of benzene rings is 3. The number of methoxy groups -OCH3 is 1. The van der Waals surface area contributed by atoms with E-state index in [0.717, 1.165) is 4.90 Å². The van der Waals surface area contributed by atoms with Crippen molar-refractivity contribution in [3.63, 3.8) is 0 Å². The lowest BCUT2D eigenvalue weighted by atomic mass is 10.0. The van der Waals surface area contributed by atoms with E-state index in [1.165, 1.54) is 13.2 Å². The van der Waals surface area contributed by atoms with Crippen LogP contribution < -0.4 is 9.64 Å².